The number of carbonyl (C=O) groups is 3. The lowest BCUT2D eigenvalue weighted by Gasteiger charge is -2.10. The smallest absolute Gasteiger partial charge is 0.220 e. The molecule has 0 radical (unpaired) electrons. The van der Waals surface area contributed by atoms with Crippen molar-refractivity contribution in [3.05, 3.63) is 12.3 Å². The summed E-state index contributed by atoms with van der Waals surface area (Å²) in [6, 6.07) is -0.341. The third kappa shape index (κ3) is 26.5. The highest BCUT2D eigenvalue weighted by Crippen LogP contribution is 2.03. The molecule has 0 bridgehead atoms. The van der Waals surface area contributed by atoms with Crippen molar-refractivity contribution in [3.8, 4) is 0 Å². The number of aliphatic hydroxyl groups is 1. The minimum atomic E-state index is -0.341. The molecule has 0 aliphatic carbocycles. The van der Waals surface area contributed by atoms with Crippen LogP contribution in [0.3, 0.4) is 0 Å². The summed E-state index contributed by atoms with van der Waals surface area (Å²) in [7, 11) is 0. The number of hydrogen-bond donors (Lipinski definition) is 4. The molecule has 0 saturated carbocycles. The summed E-state index contributed by atoms with van der Waals surface area (Å²) in [5.41, 5.74) is 10.8. The van der Waals surface area contributed by atoms with Gasteiger partial charge in [-0.05, 0) is 37.6 Å². The first kappa shape index (κ1) is 31.0. The van der Waals surface area contributed by atoms with E-state index in [1.54, 1.807) is 13.8 Å². The summed E-state index contributed by atoms with van der Waals surface area (Å²) in [4.78, 5) is 31.0. The number of Topliss-reactive ketones (excluding diaryl/α,β-unsaturated/α-hetero) is 1. The molecule has 0 heterocycles. The highest BCUT2D eigenvalue weighted by Gasteiger charge is 2.06. The van der Waals surface area contributed by atoms with Crippen LogP contribution in [-0.2, 0) is 14.4 Å². The standard InChI is InChI=1S/C12H24N2O2.C5H8O2.C4H11N/c1-9(2)8-12(16)14-7-5-4-6-11(13)10(3)15;1-4(2)5(7)3-6;1-4(2)3-5/h9,11,15H,3-8,13H2,1-2H3,(H,14,16);3-4H,1-2H3;4H,3,5H2,1-2H3. The molecule has 6 N–H and O–H groups in total. The van der Waals surface area contributed by atoms with Gasteiger partial charge in [0.2, 0.25) is 5.91 Å². The maximum atomic E-state index is 11.3. The van der Waals surface area contributed by atoms with Gasteiger partial charge in [-0.25, -0.2) is 0 Å². The molecule has 0 aliphatic rings. The van der Waals surface area contributed by atoms with Crippen LogP contribution in [0.25, 0.3) is 0 Å². The molecule has 0 aliphatic heterocycles. The number of ketones is 1. The Morgan fingerprint density at radius 3 is 1.86 bits per heavy atom. The third-order valence-electron chi connectivity index (χ3n) is 3.44. The zero-order valence-electron chi connectivity index (χ0n) is 18.7. The van der Waals surface area contributed by atoms with E-state index in [4.69, 9.17) is 16.6 Å². The lowest BCUT2D eigenvalue weighted by Crippen LogP contribution is -2.26. The fraction of sp³-hybridized carbons (Fsp3) is 0.762. The zero-order chi connectivity index (χ0) is 22.7. The zero-order valence-corrected chi connectivity index (χ0v) is 18.7. The second-order valence-corrected chi connectivity index (χ2v) is 7.85. The Hall–Kier alpha value is -1.73. The molecule has 7 nitrogen and oxygen atoms in total. The van der Waals surface area contributed by atoms with E-state index in [0.717, 1.165) is 19.4 Å². The SMILES string of the molecule is C=C(O)C(N)CCCCNC(=O)CC(C)C.CC(C)C(=O)C=O.CC(C)CN. The largest absolute Gasteiger partial charge is 0.511 e. The Morgan fingerprint density at radius 1 is 1.07 bits per heavy atom. The Bertz CT molecular complexity index is 435. The van der Waals surface area contributed by atoms with Gasteiger partial charge in [-0.3, -0.25) is 14.4 Å². The minimum Gasteiger partial charge on any atom is -0.511 e. The van der Waals surface area contributed by atoms with Crippen LogP contribution in [0.2, 0.25) is 0 Å². The summed E-state index contributed by atoms with van der Waals surface area (Å²) in [6.45, 7) is 16.5. The van der Waals surface area contributed by atoms with Gasteiger partial charge >= 0.3 is 0 Å². The van der Waals surface area contributed by atoms with Crippen molar-refractivity contribution in [2.75, 3.05) is 13.1 Å². The Labute approximate surface area is 171 Å². The molecular weight excluding hydrogens is 358 g/mol. The second-order valence-electron chi connectivity index (χ2n) is 7.85. The van der Waals surface area contributed by atoms with Crippen molar-refractivity contribution < 1.29 is 19.5 Å². The third-order valence-corrected chi connectivity index (χ3v) is 3.44. The van der Waals surface area contributed by atoms with E-state index in [2.05, 4.69) is 25.7 Å². The van der Waals surface area contributed by atoms with E-state index in [-0.39, 0.29) is 29.4 Å². The Kier molecular flexibility index (Phi) is 22.1. The molecule has 0 spiro atoms. The van der Waals surface area contributed by atoms with Crippen LogP contribution in [0.15, 0.2) is 12.3 Å². The van der Waals surface area contributed by atoms with E-state index in [1.165, 1.54) is 0 Å². The molecular formula is C21H43N3O4. The van der Waals surface area contributed by atoms with Gasteiger partial charge in [-0.1, -0.05) is 48.1 Å². The first-order valence-corrected chi connectivity index (χ1v) is 9.97. The average Bonchev–Trinajstić information content (AvgIpc) is 2.60. The van der Waals surface area contributed by atoms with Crippen LogP contribution < -0.4 is 16.8 Å². The average molecular weight is 402 g/mol. The lowest BCUT2D eigenvalue weighted by atomic mass is 10.1. The number of rotatable bonds is 11. The number of aliphatic hydroxyl groups excluding tert-OH is 1. The van der Waals surface area contributed by atoms with Gasteiger partial charge in [0.25, 0.3) is 0 Å². The quantitative estimate of drug-likeness (QED) is 0.182. The molecule has 7 heteroatoms. The number of unbranched alkanes of at least 4 members (excludes halogenated alkanes) is 1. The summed E-state index contributed by atoms with van der Waals surface area (Å²) in [6.07, 6.45) is 3.39. The monoisotopic (exact) mass is 401 g/mol. The van der Waals surface area contributed by atoms with Crippen molar-refractivity contribution >= 4 is 18.0 Å². The van der Waals surface area contributed by atoms with Crippen molar-refractivity contribution in [3.63, 3.8) is 0 Å². The van der Waals surface area contributed by atoms with Crippen LogP contribution >= 0.6 is 0 Å². The maximum Gasteiger partial charge on any atom is 0.220 e. The van der Waals surface area contributed by atoms with E-state index < -0.39 is 0 Å². The highest BCUT2D eigenvalue weighted by atomic mass is 16.3. The van der Waals surface area contributed by atoms with Crippen molar-refractivity contribution in [2.45, 2.75) is 73.3 Å². The first-order chi connectivity index (χ1) is 12.9. The van der Waals surface area contributed by atoms with E-state index in [0.29, 0.717) is 37.5 Å². The van der Waals surface area contributed by atoms with Crippen LogP contribution in [0.5, 0.6) is 0 Å². The molecule has 0 aromatic carbocycles. The summed E-state index contributed by atoms with van der Waals surface area (Å²) in [5.74, 6) is 0.716. The van der Waals surface area contributed by atoms with Gasteiger partial charge in [0.1, 0.15) is 5.76 Å². The predicted octanol–water partition coefficient (Wildman–Crippen LogP) is 2.73. The predicted molar refractivity (Wildman–Crippen MR) is 116 cm³/mol. The molecule has 1 unspecified atom stereocenters. The highest BCUT2D eigenvalue weighted by molar-refractivity contribution is 6.25. The molecule has 0 aromatic heterocycles. The van der Waals surface area contributed by atoms with Gasteiger partial charge in [0.05, 0.1) is 6.04 Å². The van der Waals surface area contributed by atoms with E-state index >= 15 is 0 Å². The molecule has 0 aromatic rings. The minimum absolute atomic E-state index is 0.0313. The van der Waals surface area contributed by atoms with E-state index in [1.807, 2.05) is 13.8 Å². The van der Waals surface area contributed by atoms with Gasteiger partial charge in [-0.2, -0.15) is 0 Å². The molecule has 1 amide bonds. The number of amides is 1. The summed E-state index contributed by atoms with van der Waals surface area (Å²) in [5, 5.41) is 11.8. The Morgan fingerprint density at radius 2 is 1.57 bits per heavy atom. The number of nitrogens with two attached hydrogens (primary N) is 2. The van der Waals surface area contributed by atoms with Gasteiger partial charge < -0.3 is 21.9 Å². The molecule has 166 valence electrons. The van der Waals surface area contributed by atoms with Crippen molar-refractivity contribution in [1.82, 2.24) is 5.32 Å². The fourth-order valence-electron chi connectivity index (χ4n) is 1.46. The molecule has 0 saturated heterocycles. The van der Waals surface area contributed by atoms with Crippen LogP contribution in [-0.4, -0.2) is 42.2 Å². The van der Waals surface area contributed by atoms with Crippen LogP contribution in [0.4, 0.5) is 0 Å². The molecule has 0 rings (SSSR count). The van der Waals surface area contributed by atoms with Crippen molar-refractivity contribution in [2.24, 2.45) is 29.2 Å². The first-order valence-electron chi connectivity index (χ1n) is 9.97. The molecule has 28 heavy (non-hydrogen) atoms. The van der Waals surface area contributed by atoms with Gasteiger partial charge in [-0.15, -0.1) is 0 Å². The molecule has 0 fully saturated rings. The maximum absolute atomic E-state index is 11.3. The Balaban J connectivity index is -0.000000427. The lowest BCUT2D eigenvalue weighted by molar-refractivity contribution is -0.131. The topological polar surface area (TPSA) is 136 Å². The number of aldehydes is 1. The summed E-state index contributed by atoms with van der Waals surface area (Å²) >= 11 is 0. The fourth-order valence-corrected chi connectivity index (χ4v) is 1.46. The normalized spacial score (nSPS) is 11.1. The molecule has 1 atom stereocenters. The van der Waals surface area contributed by atoms with Crippen LogP contribution in [0, 0.1) is 17.8 Å². The summed E-state index contributed by atoms with van der Waals surface area (Å²) < 4.78 is 0. The van der Waals surface area contributed by atoms with E-state index in [9.17, 15) is 14.4 Å². The second kappa shape index (κ2) is 20.0. The van der Waals surface area contributed by atoms with Gasteiger partial charge in [0, 0.05) is 18.9 Å². The number of nitrogens with one attached hydrogen (secondary N) is 1. The van der Waals surface area contributed by atoms with Crippen LogP contribution in [0.1, 0.15) is 67.2 Å². The van der Waals surface area contributed by atoms with Crippen molar-refractivity contribution in [1.29, 1.82) is 0 Å². The number of hydrogen-bond acceptors (Lipinski definition) is 6. The van der Waals surface area contributed by atoms with Gasteiger partial charge in [0.15, 0.2) is 12.1 Å². The number of carbonyl (C=O) groups excluding carboxylic acids is 3.